The molecule has 0 aliphatic rings. The van der Waals surface area contributed by atoms with Crippen molar-refractivity contribution in [2.75, 3.05) is 0 Å². The van der Waals surface area contributed by atoms with Gasteiger partial charge in [0, 0.05) is 18.3 Å². The van der Waals surface area contributed by atoms with Crippen LogP contribution in [0.15, 0.2) is 11.0 Å². The topological polar surface area (TPSA) is 69.0 Å². The molecule has 0 spiro atoms. The summed E-state index contributed by atoms with van der Waals surface area (Å²) in [5, 5.41) is 0. The lowest BCUT2D eigenvalue weighted by molar-refractivity contribution is 0.0592. The number of H-pyrrole nitrogens is 2. The lowest BCUT2D eigenvalue weighted by Crippen LogP contribution is -2.44. The maximum Gasteiger partial charge on any atom is 0.323 e. The van der Waals surface area contributed by atoms with E-state index >= 15 is 0 Å². The van der Waals surface area contributed by atoms with Gasteiger partial charge in [0.1, 0.15) is 5.69 Å². The van der Waals surface area contributed by atoms with Gasteiger partial charge in [-0.05, 0) is 26.7 Å². The Morgan fingerprint density at radius 2 is 1.82 bits per heavy atom. The summed E-state index contributed by atoms with van der Waals surface area (Å²) in [6.45, 7) is 8.14. The fourth-order valence-electron chi connectivity index (χ4n) is 1.81. The van der Waals surface area contributed by atoms with Gasteiger partial charge in [0.25, 0.3) is 5.91 Å². The summed E-state index contributed by atoms with van der Waals surface area (Å²) < 4.78 is 0. The van der Waals surface area contributed by atoms with Crippen molar-refractivity contribution < 1.29 is 4.79 Å². The van der Waals surface area contributed by atoms with Crippen LogP contribution in [-0.4, -0.2) is 32.9 Å². The zero-order valence-corrected chi connectivity index (χ0v) is 10.9. The molecule has 96 valence electrons. The number of carbonyl (C=O) groups is 1. The minimum absolute atomic E-state index is 0.118. The molecule has 5 heteroatoms. The lowest BCUT2D eigenvalue weighted by atomic mass is 10.1. The predicted octanol–water partition coefficient (Wildman–Crippen LogP) is 1.74. The van der Waals surface area contributed by atoms with Crippen LogP contribution in [0.2, 0.25) is 0 Å². The highest BCUT2D eigenvalue weighted by atomic mass is 16.2. The molecule has 5 nitrogen and oxygen atoms in total. The Balaban J connectivity index is 2.98. The third kappa shape index (κ3) is 2.99. The van der Waals surface area contributed by atoms with Crippen molar-refractivity contribution in [1.82, 2.24) is 14.9 Å². The highest BCUT2D eigenvalue weighted by Gasteiger charge is 2.25. The van der Waals surface area contributed by atoms with Gasteiger partial charge in [0.2, 0.25) is 0 Å². The number of carbonyl (C=O) groups excluding carboxylic acids is 1. The molecule has 1 heterocycles. The standard InChI is InChI=1S/C12H21N3O2/c1-5-8(3)15(9(4)6-2)11(16)10-7-13-12(17)14-10/h7-9H,5-6H2,1-4H3,(H2,13,14,17). The molecule has 0 aliphatic carbocycles. The van der Waals surface area contributed by atoms with E-state index in [1.54, 1.807) is 0 Å². The molecule has 2 atom stereocenters. The zero-order chi connectivity index (χ0) is 13.0. The number of aromatic nitrogens is 2. The van der Waals surface area contributed by atoms with Crippen molar-refractivity contribution in [2.24, 2.45) is 0 Å². The van der Waals surface area contributed by atoms with Crippen molar-refractivity contribution in [3.63, 3.8) is 0 Å². The number of hydrogen-bond acceptors (Lipinski definition) is 2. The molecular formula is C12H21N3O2. The second-order valence-electron chi connectivity index (χ2n) is 4.38. The molecule has 0 aromatic carbocycles. The molecular weight excluding hydrogens is 218 g/mol. The summed E-state index contributed by atoms with van der Waals surface area (Å²) in [5.41, 5.74) is -0.0165. The monoisotopic (exact) mass is 239 g/mol. The molecule has 1 rings (SSSR count). The number of nitrogens with one attached hydrogen (secondary N) is 2. The van der Waals surface area contributed by atoms with E-state index in [9.17, 15) is 9.59 Å². The maximum atomic E-state index is 12.3. The van der Waals surface area contributed by atoms with Gasteiger partial charge >= 0.3 is 5.69 Å². The van der Waals surface area contributed by atoms with Crippen LogP contribution in [0, 0.1) is 0 Å². The molecule has 0 aliphatic heterocycles. The largest absolute Gasteiger partial charge is 0.332 e. The average molecular weight is 239 g/mol. The summed E-state index contributed by atoms with van der Waals surface area (Å²) in [5.74, 6) is -0.118. The van der Waals surface area contributed by atoms with Gasteiger partial charge in [-0.1, -0.05) is 13.8 Å². The Morgan fingerprint density at radius 1 is 1.29 bits per heavy atom. The van der Waals surface area contributed by atoms with Crippen LogP contribution in [0.25, 0.3) is 0 Å². The van der Waals surface area contributed by atoms with Gasteiger partial charge in [-0.2, -0.15) is 0 Å². The summed E-state index contributed by atoms with van der Waals surface area (Å²) in [6, 6.07) is 0.326. The highest BCUT2D eigenvalue weighted by molar-refractivity contribution is 5.92. The number of aromatic amines is 2. The minimum atomic E-state index is -0.346. The van der Waals surface area contributed by atoms with Crippen LogP contribution in [-0.2, 0) is 0 Å². The van der Waals surface area contributed by atoms with Crippen molar-refractivity contribution >= 4 is 5.91 Å². The Kier molecular flexibility index (Phi) is 4.54. The van der Waals surface area contributed by atoms with Crippen molar-refractivity contribution in [3.8, 4) is 0 Å². The minimum Gasteiger partial charge on any atom is -0.332 e. The SMILES string of the molecule is CCC(C)N(C(=O)c1c[nH]c(=O)[nH]1)C(C)CC. The second-order valence-corrected chi connectivity index (χ2v) is 4.38. The second kappa shape index (κ2) is 5.70. The van der Waals surface area contributed by atoms with E-state index in [2.05, 4.69) is 9.97 Å². The Morgan fingerprint density at radius 3 is 2.18 bits per heavy atom. The molecule has 0 saturated carbocycles. The highest BCUT2D eigenvalue weighted by Crippen LogP contribution is 2.14. The Labute approximate surface area is 101 Å². The van der Waals surface area contributed by atoms with Crippen LogP contribution >= 0.6 is 0 Å². The van der Waals surface area contributed by atoms with E-state index in [4.69, 9.17) is 0 Å². The van der Waals surface area contributed by atoms with Crippen LogP contribution < -0.4 is 5.69 Å². The molecule has 0 fully saturated rings. The first-order chi connectivity index (χ1) is 8.01. The van der Waals surface area contributed by atoms with Crippen molar-refractivity contribution in [3.05, 3.63) is 22.4 Å². The summed E-state index contributed by atoms with van der Waals surface area (Å²) in [6.07, 6.45) is 3.22. The first-order valence-electron chi connectivity index (χ1n) is 6.11. The van der Waals surface area contributed by atoms with Gasteiger partial charge in [-0.25, -0.2) is 4.79 Å². The lowest BCUT2D eigenvalue weighted by Gasteiger charge is -2.33. The Bertz CT molecular complexity index is 411. The summed E-state index contributed by atoms with van der Waals surface area (Å²) >= 11 is 0. The van der Waals surface area contributed by atoms with Gasteiger partial charge in [0.05, 0.1) is 0 Å². The first-order valence-corrected chi connectivity index (χ1v) is 6.11. The third-order valence-corrected chi connectivity index (χ3v) is 3.19. The molecule has 1 amide bonds. The summed E-state index contributed by atoms with van der Waals surface area (Å²) in [4.78, 5) is 30.1. The predicted molar refractivity (Wildman–Crippen MR) is 67.1 cm³/mol. The third-order valence-electron chi connectivity index (χ3n) is 3.19. The normalized spacial score (nSPS) is 14.4. The van der Waals surface area contributed by atoms with E-state index in [1.807, 2.05) is 32.6 Å². The van der Waals surface area contributed by atoms with Crippen molar-refractivity contribution in [2.45, 2.75) is 52.6 Å². The molecule has 1 aromatic rings. The van der Waals surface area contributed by atoms with Crippen molar-refractivity contribution in [1.29, 1.82) is 0 Å². The smallest absolute Gasteiger partial charge is 0.323 e. The number of hydrogen-bond donors (Lipinski definition) is 2. The van der Waals surface area contributed by atoms with Crippen LogP contribution in [0.3, 0.4) is 0 Å². The molecule has 2 N–H and O–H groups in total. The van der Waals surface area contributed by atoms with Crippen LogP contribution in [0.1, 0.15) is 51.0 Å². The Hall–Kier alpha value is -1.52. The fourth-order valence-corrected chi connectivity index (χ4v) is 1.81. The molecule has 17 heavy (non-hydrogen) atoms. The molecule has 1 aromatic heterocycles. The van der Waals surface area contributed by atoms with Gasteiger partial charge in [-0.15, -0.1) is 0 Å². The van der Waals surface area contributed by atoms with E-state index in [-0.39, 0.29) is 23.7 Å². The van der Waals surface area contributed by atoms with E-state index in [0.29, 0.717) is 5.69 Å². The number of rotatable bonds is 5. The van der Waals surface area contributed by atoms with Gasteiger partial charge < -0.3 is 14.9 Å². The quantitative estimate of drug-likeness (QED) is 0.821. The fraction of sp³-hybridized carbons (Fsp3) is 0.667. The summed E-state index contributed by atoms with van der Waals surface area (Å²) in [7, 11) is 0. The maximum absolute atomic E-state index is 12.3. The zero-order valence-electron chi connectivity index (χ0n) is 10.9. The van der Waals surface area contributed by atoms with E-state index < -0.39 is 0 Å². The van der Waals surface area contributed by atoms with Gasteiger partial charge in [0.15, 0.2) is 0 Å². The number of imidazole rings is 1. The van der Waals surface area contributed by atoms with E-state index in [1.165, 1.54) is 6.20 Å². The molecule has 2 unspecified atom stereocenters. The first kappa shape index (κ1) is 13.5. The number of amides is 1. The number of nitrogens with zero attached hydrogens (tertiary/aromatic N) is 1. The molecule has 0 saturated heterocycles. The molecule has 0 radical (unpaired) electrons. The average Bonchev–Trinajstić information content (AvgIpc) is 2.75. The van der Waals surface area contributed by atoms with Gasteiger partial charge in [-0.3, -0.25) is 4.79 Å². The van der Waals surface area contributed by atoms with Crippen LogP contribution in [0.5, 0.6) is 0 Å². The van der Waals surface area contributed by atoms with Crippen LogP contribution in [0.4, 0.5) is 0 Å². The van der Waals surface area contributed by atoms with E-state index in [0.717, 1.165) is 12.8 Å². The molecule has 0 bridgehead atoms.